The van der Waals surface area contributed by atoms with E-state index >= 15 is 0 Å². The van der Waals surface area contributed by atoms with E-state index in [1.165, 1.54) is 24.2 Å². The van der Waals surface area contributed by atoms with Gasteiger partial charge in [-0.15, -0.1) is 0 Å². The van der Waals surface area contributed by atoms with Gasteiger partial charge in [0.2, 0.25) is 0 Å². The zero-order valence-corrected chi connectivity index (χ0v) is 20.5. The number of nitrogens with one attached hydrogen (secondary N) is 2. The van der Waals surface area contributed by atoms with Crippen LogP contribution < -0.4 is 21.1 Å². The molecule has 0 aliphatic carbocycles. The number of hydrogen-bond acceptors (Lipinski definition) is 6. The van der Waals surface area contributed by atoms with E-state index in [2.05, 4.69) is 74.2 Å². The predicted molar refractivity (Wildman–Crippen MR) is 133 cm³/mol. The number of hydrogen-bond donors (Lipinski definition) is 3. The Bertz CT molecular complexity index is 881. The largest absolute Gasteiger partial charge is 0.432 e. The van der Waals surface area contributed by atoms with Gasteiger partial charge in [0.05, 0.1) is 12.2 Å². The second-order valence-electron chi connectivity index (χ2n) is 9.93. The molecule has 170 valence electrons. The Labute approximate surface area is 192 Å². The molecule has 0 amide bonds. The molecule has 6 nitrogen and oxygen atoms in total. The highest BCUT2D eigenvalue weighted by Crippen LogP contribution is 2.25. The molecule has 1 aromatic rings. The SMILES string of the molecule is Cc1cc(OC(=S)NC(N)C2=CN=C(C(C)(C)C)CN2)c(C)cc1CCN1CC(C)C1. The number of aryl methyl sites for hydroxylation is 2. The maximum absolute atomic E-state index is 6.26. The van der Waals surface area contributed by atoms with E-state index in [9.17, 15) is 0 Å². The number of benzene rings is 1. The Balaban J connectivity index is 1.56. The van der Waals surface area contributed by atoms with E-state index in [4.69, 9.17) is 22.7 Å². The third kappa shape index (κ3) is 6.28. The van der Waals surface area contributed by atoms with Crippen LogP contribution in [0.3, 0.4) is 0 Å². The van der Waals surface area contributed by atoms with Crippen LogP contribution in [0.15, 0.2) is 29.0 Å². The van der Waals surface area contributed by atoms with Crippen LogP contribution in [0.4, 0.5) is 0 Å². The summed E-state index contributed by atoms with van der Waals surface area (Å²) in [6.07, 6.45) is 2.33. The molecular formula is C24H37N5OS. The number of likely N-dealkylation sites (tertiary alicyclic amines) is 1. The number of nitrogens with zero attached hydrogens (tertiary/aromatic N) is 2. The first-order valence-electron chi connectivity index (χ1n) is 11.1. The lowest BCUT2D eigenvalue weighted by atomic mass is 9.89. The average Bonchev–Trinajstić information content (AvgIpc) is 2.67. The molecular weight excluding hydrogens is 406 g/mol. The summed E-state index contributed by atoms with van der Waals surface area (Å²) in [7, 11) is 0. The summed E-state index contributed by atoms with van der Waals surface area (Å²) in [6, 6.07) is 4.28. The summed E-state index contributed by atoms with van der Waals surface area (Å²) in [6.45, 7) is 17.1. The van der Waals surface area contributed by atoms with Gasteiger partial charge in [-0.1, -0.05) is 33.8 Å². The lowest BCUT2D eigenvalue weighted by Gasteiger charge is -2.37. The summed E-state index contributed by atoms with van der Waals surface area (Å²) in [5, 5.41) is 6.64. The molecule has 1 aromatic carbocycles. The summed E-state index contributed by atoms with van der Waals surface area (Å²) in [5.74, 6) is 1.60. The van der Waals surface area contributed by atoms with Gasteiger partial charge in [0.15, 0.2) is 0 Å². The quantitative estimate of drug-likeness (QED) is 0.463. The molecule has 7 heteroatoms. The Morgan fingerprint density at radius 2 is 2.03 bits per heavy atom. The highest BCUT2D eigenvalue weighted by molar-refractivity contribution is 7.80. The van der Waals surface area contributed by atoms with Crippen molar-refractivity contribution in [2.24, 2.45) is 22.1 Å². The number of nitrogens with two attached hydrogens (primary N) is 1. The van der Waals surface area contributed by atoms with Crippen LogP contribution >= 0.6 is 12.2 Å². The van der Waals surface area contributed by atoms with Crippen molar-refractivity contribution in [3.05, 3.63) is 40.7 Å². The van der Waals surface area contributed by atoms with Crippen molar-refractivity contribution in [2.75, 3.05) is 26.2 Å². The Morgan fingerprint density at radius 3 is 2.61 bits per heavy atom. The fraction of sp³-hybridized carbons (Fsp3) is 0.583. The van der Waals surface area contributed by atoms with E-state index in [0.29, 0.717) is 6.54 Å². The number of thiocarbonyl (C=S) groups is 1. The van der Waals surface area contributed by atoms with E-state index in [-0.39, 0.29) is 10.6 Å². The molecule has 31 heavy (non-hydrogen) atoms. The fourth-order valence-electron chi connectivity index (χ4n) is 3.93. The van der Waals surface area contributed by atoms with Gasteiger partial charge in [0.1, 0.15) is 11.9 Å². The number of ether oxygens (including phenoxy) is 1. The van der Waals surface area contributed by atoms with Crippen LogP contribution in [-0.2, 0) is 6.42 Å². The standard InChI is InChI=1S/C24H37N5OS/c1-15-13-29(14-15)8-7-18-9-17(3)20(10-16(18)2)30-23(31)28-22(25)19-11-27-21(12-26-19)24(4,5)6/h9-11,15,22,26H,7-8,12-14,25H2,1-6H3,(H,28,31). The molecule has 2 heterocycles. The van der Waals surface area contributed by atoms with Crippen LogP contribution in [-0.4, -0.2) is 48.1 Å². The molecule has 3 rings (SSSR count). The van der Waals surface area contributed by atoms with Crippen LogP contribution in [0, 0.1) is 25.2 Å². The molecule has 4 N–H and O–H groups in total. The first kappa shape index (κ1) is 23.7. The molecule has 0 bridgehead atoms. The molecule has 0 spiro atoms. The second-order valence-corrected chi connectivity index (χ2v) is 10.3. The van der Waals surface area contributed by atoms with Crippen molar-refractivity contribution < 1.29 is 4.74 Å². The minimum Gasteiger partial charge on any atom is -0.432 e. The normalized spacial score (nSPS) is 18.4. The lowest BCUT2D eigenvalue weighted by molar-refractivity contribution is 0.115. The van der Waals surface area contributed by atoms with Crippen LogP contribution in [0.2, 0.25) is 0 Å². The summed E-state index contributed by atoms with van der Waals surface area (Å²) in [4.78, 5) is 7.07. The molecule has 0 saturated carbocycles. The number of aliphatic imine (C=N–C) groups is 1. The van der Waals surface area contributed by atoms with E-state index in [1.807, 2.05) is 0 Å². The first-order chi connectivity index (χ1) is 14.5. The zero-order valence-electron chi connectivity index (χ0n) is 19.7. The molecule has 2 aliphatic heterocycles. The molecule has 1 atom stereocenters. The topological polar surface area (TPSA) is 74.9 Å². The highest BCUT2D eigenvalue weighted by atomic mass is 32.1. The molecule has 1 unspecified atom stereocenters. The summed E-state index contributed by atoms with van der Waals surface area (Å²) >= 11 is 5.41. The third-order valence-corrected chi connectivity index (χ3v) is 6.17. The third-order valence-electron chi connectivity index (χ3n) is 5.97. The molecule has 0 radical (unpaired) electrons. The molecule has 1 fully saturated rings. The minimum absolute atomic E-state index is 0.0280. The second kappa shape index (κ2) is 9.67. The van der Waals surface area contributed by atoms with E-state index < -0.39 is 6.17 Å². The van der Waals surface area contributed by atoms with Gasteiger partial charge >= 0.3 is 0 Å². The zero-order chi connectivity index (χ0) is 22.8. The smallest absolute Gasteiger partial charge is 0.263 e. The van der Waals surface area contributed by atoms with Crippen molar-refractivity contribution in [2.45, 2.75) is 54.1 Å². The van der Waals surface area contributed by atoms with E-state index in [1.54, 1.807) is 6.20 Å². The minimum atomic E-state index is -0.502. The van der Waals surface area contributed by atoms with Crippen LogP contribution in [0.1, 0.15) is 44.4 Å². The number of rotatable bonds is 6. The first-order valence-corrected chi connectivity index (χ1v) is 11.5. The van der Waals surface area contributed by atoms with Crippen molar-refractivity contribution in [1.29, 1.82) is 0 Å². The summed E-state index contributed by atoms with van der Waals surface area (Å²) in [5.41, 5.74) is 11.8. The molecule has 2 aliphatic rings. The maximum Gasteiger partial charge on any atom is 0.263 e. The van der Waals surface area contributed by atoms with Crippen molar-refractivity contribution in [1.82, 2.24) is 15.5 Å². The molecule has 1 saturated heterocycles. The Kier molecular flexibility index (Phi) is 7.39. The van der Waals surface area contributed by atoms with Gasteiger partial charge < -0.3 is 26.0 Å². The monoisotopic (exact) mass is 443 g/mol. The predicted octanol–water partition coefficient (Wildman–Crippen LogP) is 3.27. The van der Waals surface area contributed by atoms with Crippen molar-refractivity contribution >= 4 is 23.1 Å². The van der Waals surface area contributed by atoms with Crippen LogP contribution in [0.25, 0.3) is 0 Å². The average molecular weight is 444 g/mol. The van der Waals surface area contributed by atoms with Gasteiger partial charge in [-0.05, 0) is 61.2 Å². The maximum atomic E-state index is 6.26. The fourth-order valence-corrected chi connectivity index (χ4v) is 4.14. The van der Waals surface area contributed by atoms with Crippen molar-refractivity contribution in [3.63, 3.8) is 0 Å². The molecule has 0 aromatic heterocycles. The van der Waals surface area contributed by atoms with Gasteiger partial charge in [0, 0.05) is 37.0 Å². The van der Waals surface area contributed by atoms with Gasteiger partial charge in [-0.3, -0.25) is 4.99 Å². The van der Waals surface area contributed by atoms with Gasteiger partial charge in [-0.25, -0.2) is 0 Å². The van der Waals surface area contributed by atoms with E-state index in [0.717, 1.165) is 41.6 Å². The Morgan fingerprint density at radius 1 is 1.32 bits per heavy atom. The van der Waals surface area contributed by atoms with Crippen LogP contribution in [0.5, 0.6) is 5.75 Å². The van der Waals surface area contributed by atoms with Crippen molar-refractivity contribution in [3.8, 4) is 5.75 Å². The van der Waals surface area contributed by atoms with Gasteiger partial charge in [0.25, 0.3) is 5.17 Å². The Hall–Kier alpha value is -1.96. The summed E-state index contributed by atoms with van der Waals surface area (Å²) < 4.78 is 5.93. The lowest BCUT2D eigenvalue weighted by Crippen LogP contribution is -2.49. The van der Waals surface area contributed by atoms with Gasteiger partial charge in [-0.2, -0.15) is 0 Å². The highest BCUT2D eigenvalue weighted by Gasteiger charge is 2.23.